The zero-order valence-electron chi connectivity index (χ0n) is 12.7. The van der Waals surface area contributed by atoms with E-state index in [-0.39, 0.29) is 0 Å². The van der Waals surface area contributed by atoms with Crippen LogP contribution in [0.5, 0.6) is 0 Å². The molecule has 1 rings (SSSR count). The van der Waals surface area contributed by atoms with Crippen LogP contribution in [0.3, 0.4) is 0 Å². The van der Waals surface area contributed by atoms with Crippen LogP contribution in [0.15, 0.2) is 24.3 Å². The van der Waals surface area contributed by atoms with Crippen molar-refractivity contribution in [2.24, 2.45) is 0 Å². The van der Waals surface area contributed by atoms with E-state index in [1.54, 1.807) is 31.4 Å². The number of urea groups is 1. The van der Waals surface area contributed by atoms with E-state index in [0.29, 0.717) is 18.7 Å². The van der Waals surface area contributed by atoms with E-state index < -0.39 is 24.5 Å². The molecule has 0 bridgehead atoms. The van der Waals surface area contributed by atoms with Crippen molar-refractivity contribution in [2.45, 2.75) is 20.0 Å². The molecule has 0 radical (unpaired) electrons. The number of hydrogen-bond acceptors (Lipinski definition) is 5. The third-order valence-electron chi connectivity index (χ3n) is 2.62. The van der Waals surface area contributed by atoms with E-state index in [0.717, 1.165) is 12.0 Å². The Bertz CT molecular complexity index is 513. The molecule has 7 heteroatoms. The molecule has 0 aliphatic rings. The molecule has 22 heavy (non-hydrogen) atoms. The Labute approximate surface area is 129 Å². The first-order chi connectivity index (χ1) is 10.6. The maximum atomic E-state index is 11.7. The highest BCUT2D eigenvalue weighted by molar-refractivity contribution is 5.96. The normalized spacial score (nSPS) is 9.91. The maximum absolute atomic E-state index is 11.7. The lowest BCUT2D eigenvalue weighted by molar-refractivity contribution is -0.123. The first-order valence-corrected chi connectivity index (χ1v) is 6.89. The number of methoxy groups -OCH3 is 1. The molecule has 7 nitrogen and oxygen atoms in total. The van der Waals surface area contributed by atoms with Gasteiger partial charge in [-0.2, -0.15) is 0 Å². The molecule has 0 aliphatic heterocycles. The number of imide groups is 1. The first-order valence-electron chi connectivity index (χ1n) is 6.89. The average Bonchev–Trinajstić information content (AvgIpc) is 2.51. The van der Waals surface area contributed by atoms with E-state index in [9.17, 15) is 14.4 Å². The summed E-state index contributed by atoms with van der Waals surface area (Å²) in [5.41, 5.74) is 1.24. The highest BCUT2D eigenvalue weighted by Crippen LogP contribution is 2.06. The summed E-state index contributed by atoms with van der Waals surface area (Å²) >= 11 is 0. The number of amides is 3. The molecule has 0 atom stereocenters. The van der Waals surface area contributed by atoms with Crippen LogP contribution < -0.4 is 10.6 Å². The SMILES string of the molecule is CCCNC(=O)NC(=O)COC(=O)c1ccc(COC)cc1. The third kappa shape index (κ3) is 6.36. The minimum absolute atomic E-state index is 0.322. The van der Waals surface area contributed by atoms with Crippen molar-refractivity contribution in [1.82, 2.24) is 10.6 Å². The Kier molecular flexibility index (Phi) is 7.63. The zero-order chi connectivity index (χ0) is 16.4. The smallest absolute Gasteiger partial charge is 0.338 e. The van der Waals surface area contributed by atoms with E-state index in [4.69, 9.17) is 9.47 Å². The van der Waals surface area contributed by atoms with Gasteiger partial charge in [0.05, 0.1) is 12.2 Å². The van der Waals surface area contributed by atoms with Crippen LogP contribution in [0.1, 0.15) is 29.3 Å². The molecule has 0 spiro atoms. The molecule has 0 heterocycles. The highest BCUT2D eigenvalue weighted by atomic mass is 16.5. The Balaban J connectivity index is 2.38. The molecule has 2 N–H and O–H groups in total. The minimum Gasteiger partial charge on any atom is -0.452 e. The third-order valence-corrected chi connectivity index (χ3v) is 2.62. The summed E-state index contributed by atoms with van der Waals surface area (Å²) in [7, 11) is 1.58. The van der Waals surface area contributed by atoms with E-state index in [1.807, 2.05) is 6.92 Å². The second kappa shape index (κ2) is 9.51. The number of esters is 1. The van der Waals surface area contributed by atoms with Crippen LogP contribution >= 0.6 is 0 Å². The van der Waals surface area contributed by atoms with Crippen molar-refractivity contribution < 1.29 is 23.9 Å². The molecular formula is C15H20N2O5. The van der Waals surface area contributed by atoms with Crippen molar-refractivity contribution in [1.29, 1.82) is 0 Å². The highest BCUT2D eigenvalue weighted by Gasteiger charge is 2.12. The number of carbonyl (C=O) groups is 3. The van der Waals surface area contributed by atoms with E-state index in [1.165, 1.54) is 0 Å². The van der Waals surface area contributed by atoms with Gasteiger partial charge in [0.2, 0.25) is 0 Å². The summed E-state index contributed by atoms with van der Waals surface area (Å²) in [5, 5.41) is 4.54. The molecule has 0 aromatic heterocycles. The molecule has 0 aliphatic carbocycles. The predicted molar refractivity (Wildman–Crippen MR) is 79.3 cm³/mol. The summed E-state index contributed by atoms with van der Waals surface area (Å²) in [6.07, 6.45) is 0.760. The molecule has 3 amide bonds. The molecule has 0 fully saturated rings. The van der Waals surface area contributed by atoms with Gasteiger partial charge in [-0.25, -0.2) is 9.59 Å². The van der Waals surface area contributed by atoms with Crippen LogP contribution in [-0.2, 0) is 20.9 Å². The zero-order valence-corrected chi connectivity index (χ0v) is 12.7. The predicted octanol–water partition coefficient (Wildman–Crippen LogP) is 1.23. The maximum Gasteiger partial charge on any atom is 0.338 e. The van der Waals surface area contributed by atoms with Crippen molar-refractivity contribution in [3.05, 3.63) is 35.4 Å². The van der Waals surface area contributed by atoms with Gasteiger partial charge in [0.15, 0.2) is 6.61 Å². The van der Waals surface area contributed by atoms with Gasteiger partial charge >= 0.3 is 12.0 Å². The molecule has 1 aromatic carbocycles. The fourth-order valence-electron chi connectivity index (χ4n) is 1.56. The van der Waals surface area contributed by atoms with Crippen molar-refractivity contribution in [3.63, 3.8) is 0 Å². The summed E-state index contributed by atoms with van der Waals surface area (Å²) in [6.45, 7) is 2.29. The standard InChI is InChI=1S/C15H20N2O5/c1-3-8-16-15(20)17-13(18)10-22-14(19)12-6-4-11(5-7-12)9-21-2/h4-7H,3,8-10H2,1-2H3,(H2,16,17,18,20). The van der Waals surface area contributed by atoms with Gasteiger partial charge in [0.25, 0.3) is 5.91 Å². The van der Waals surface area contributed by atoms with Gasteiger partial charge in [-0.15, -0.1) is 0 Å². The number of rotatable bonds is 7. The lowest BCUT2D eigenvalue weighted by Crippen LogP contribution is -2.41. The number of benzene rings is 1. The second-order valence-corrected chi connectivity index (χ2v) is 4.51. The lowest BCUT2D eigenvalue weighted by atomic mass is 10.1. The van der Waals surface area contributed by atoms with E-state index in [2.05, 4.69) is 10.6 Å². The van der Waals surface area contributed by atoms with Crippen molar-refractivity contribution >= 4 is 17.9 Å². The Morgan fingerprint density at radius 3 is 2.41 bits per heavy atom. The monoisotopic (exact) mass is 308 g/mol. The number of nitrogens with one attached hydrogen (secondary N) is 2. The number of carbonyl (C=O) groups excluding carboxylic acids is 3. The van der Waals surface area contributed by atoms with Gasteiger partial charge in [-0.3, -0.25) is 10.1 Å². The Morgan fingerprint density at radius 1 is 1.14 bits per heavy atom. The van der Waals surface area contributed by atoms with Gasteiger partial charge in [-0.1, -0.05) is 19.1 Å². The first kappa shape index (κ1) is 17.6. The lowest BCUT2D eigenvalue weighted by Gasteiger charge is -2.07. The average molecular weight is 308 g/mol. The molecular weight excluding hydrogens is 288 g/mol. The Hall–Kier alpha value is -2.41. The quantitative estimate of drug-likeness (QED) is 0.739. The Morgan fingerprint density at radius 2 is 1.82 bits per heavy atom. The topological polar surface area (TPSA) is 93.7 Å². The summed E-state index contributed by atoms with van der Waals surface area (Å²) in [5.74, 6) is -1.31. The summed E-state index contributed by atoms with van der Waals surface area (Å²) < 4.78 is 9.80. The molecule has 1 aromatic rings. The van der Waals surface area contributed by atoms with Gasteiger partial charge in [-0.05, 0) is 24.1 Å². The van der Waals surface area contributed by atoms with Gasteiger partial charge in [0, 0.05) is 13.7 Å². The molecule has 0 saturated carbocycles. The fraction of sp³-hybridized carbons (Fsp3) is 0.400. The van der Waals surface area contributed by atoms with Crippen LogP contribution in [0, 0.1) is 0 Å². The number of ether oxygens (including phenoxy) is 2. The number of hydrogen-bond donors (Lipinski definition) is 2. The fourth-order valence-corrected chi connectivity index (χ4v) is 1.56. The van der Waals surface area contributed by atoms with Crippen LogP contribution in [0.4, 0.5) is 4.79 Å². The van der Waals surface area contributed by atoms with Gasteiger partial charge < -0.3 is 14.8 Å². The van der Waals surface area contributed by atoms with Crippen LogP contribution in [-0.4, -0.2) is 38.2 Å². The van der Waals surface area contributed by atoms with E-state index >= 15 is 0 Å². The largest absolute Gasteiger partial charge is 0.452 e. The summed E-state index contributed by atoms with van der Waals surface area (Å²) in [6, 6.07) is 6.04. The summed E-state index contributed by atoms with van der Waals surface area (Å²) in [4.78, 5) is 34.4. The molecule has 0 unspecified atom stereocenters. The molecule has 0 saturated heterocycles. The van der Waals surface area contributed by atoms with Crippen LogP contribution in [0.25, 0.3) is 0 Å². The second-order valence-electron chi connectivity index (χ2n) is 4.51. The van der Waals surface area contributed by atoms with Crippen molar-refractivity contribution in [2.75, 3.05) is 20.3 Å². The van der Waals surface area contributed by atoms with Crippen molar-refractivity contribution in [3.8, 4) is 0 Å². The molecule has 120 valence electrons. The van der Waals surface area contributed by atoms with Crippen LogP contribution in [0.2, 0.25) is 0 Å². The van der Waals surface area contributed by atoms with Gasteiger partial charge in [0.1, 0.15) is 0 Å². The minimum atomic E-state index is -0.682.